The summed E-state index contributed by atoms with van der Waals surface area (Å²) < 4.78 is 0. The number of aryl methyl sites for hydroxylation is 1. The molecular formula is C21H25NO. The average molecular weight is 307 g/mol. The van der Waals surface area contributed by atoms with Crippen LogP contribution in [0.2, 0.25) is 0 Å². The Morgan fingerprint density at radius 1 is 1.09 bits per heavy atom. The zero-order valence-corrected chi connectivity index (χ0v) is 13.8. The largest absolute Gasteiger partial charge is 0.507 e. The second-order valence-electron chi connectivity index (χ2n) is 6.40. The Hall–Kier alpha value is -2.09. The van der Waals surface area contributed by atoms with Gasteiger partial charge in [-0.15, -0.1) is 0 Å². The molecule has 1 saturated carbocycles. The molecule has 0 atom stereocenters. The molecule has 2 aromatic rings. The molecule has 0 unspecified atom stereocenters. The lowest BCUT2D eigenvalue weighted by atomic mass is 9.82. The van der Waals surface area contributed by atoms with Gasteiger partial charge in [0.05, 0.1) is 5.69 Å². The van der Waals surface area contributed by atoms with Gasteiger partial charge in [0.2, 0.25) is 0 Å². The van der Waals surface area contributed by atoms with E-state index in [0.29, 0.717) is 11.7 Å². The summed E-state index contributed by atoms with van der Waals surface area (Å²) in [4.78, 5) is 4.51. The number of aliphatic imine (C=N–C) groups is 1. The van der Waals surface area contributed by atoms with Gasteiger partial charge in [0, 0.05) is 11.8 Å². The summed E-state index contributed by atoms with van der Waals surface area (Å²) in [7, 11) is 0. The van der Waals surface area contributed by atoms with Crippen molar-refractivity contribution in [1.29, 1.82) is 0 Å². The van der Waals surface area contributed by atoms with Crippen molar-refractivity contribution in [3.8, 4) is 5.75 Å². The van der Waals surface area contributed by atoms with E-state index < -0.39 is 0 Å². The first kappa shape index (κ1) is 15.8. The number of phenolic OH excluding ortho intramolecular Hbond substituents is 1. The highest BCUT2D eigenvalue weighted by molar-refractivity contribution is 5.86. The third-order valence-corrected chi connectivity index (χ3v) is 4.81. The molecule has 0 aromatic heterocycles. The van der Waals surface area contributed by atoms with Crippen LogP contribution >= 0.6 is 0 Å². The summed E-state index contributed by atoms with van der Waals surface area (Å²) in [6.07, 6.45) is 9.18. The molecule has 0 heterocycles. The second kappa shape index (κ2) is 7.45. The van der Waals surface area contributed by atoms with Gasteiger partial charge in [0.15, 0.2) is 0 Å². The van der Waals surface area contributed by atoms with Crippen LogP contribution in [0.15, 0.2) is 47.5 Å². The zero-order valence-electron chi connectivity index (χ0n) is 13.8. The van der Waals surface area contributed by atoms with Crippen molar-refractivity contribution in [2.75, 3.05) is 0 Å². The number of rotatable bonds is 4. The first-order valence-corrected chi connectivity index (χ1v) is 8.73. The maximum absolute atomic E-state index is 10.5. The van der Waals surface area contributed by atoms with E-state index in [1.54, 1.807) is 6.21 Å². The van der Waals surface area contributed by atoms with Gasteiger partial charge in [-0.05, 0) is 54.5 Å². The highest BCUT2D eigenvalue weighted by Gasteiger charge is 2.18. The first-order chi connectivity index (χ1) is 11.3. The number of aromatic hydroxyl groups is 1. The smallest absolute Gasteiger partial charge is 0.127 e. The standard InChI is InChI=1S/C21H25NO/c1-2-16-13-18(17-9-5-3-6-10-17)14-19(21(16)23)15-22-20-11-7-4-8-12-20/h4,7-8,11-15,17,23H,2-3,5-6,9-10H2,1H3. The third kappa shape index (κ3) is 3.82. The van der Waals surface area contributed by atoms with Gasteiger partial charge in [-0.2, -0.15) is 0 Å². The lowest BCUT2D eigenvalue weighted by Gasteiger charge is -2.23. The van der Waals surface area contributed by atoms with Gasteiger partial charge in [-0.25, -0.2) is 0 Å². The molecule has 0 aliphatic heterocycles. The summed E-state index contributed by atoms with van der Waals surface area (Å²) in [5, 5.41) is 10.5. The lowest BCUT2D eigenvalue weighted by molar-refractivity contribution is 0.440. The fraction of sp³-hybridized carbons (Fsp3) is 0.381. The van der Waals surface area contributed by atoms with Crippen molar-refractivity contribution in [1.82, 2.24) is 0 Å². The Kier molecular flexibility index (Phi) is 5.12. The van der Waals surface area contributed by atoms with Crippen LogP contribution in [0, 0.1) is 0 Å². The van der Waals surface area contributed by atoms with Crippen molar-refractivity contribution >= 4 is 11.9 Å². The Morgan fingerprint density at radius 3 is 2.52 bits per heavy atom. The maximum atomic E-state index is 10.5. The normalized spacial score (nSPS) is 16.0. The zero-order chi connectivity index (χ0) is 16.1. The molecule has 2 aromatic carbocycles. The minimum Gasteiger partial charge on any atom is -0.507 e. The molecule has 0 bridgehead atoms. The van der Waals surface area contributed by atoms with E-state index in [9.17, 15) is 5.11 Å². The Morgan fingerprint density at radius 2 is 1.83 bits per heavy atom. The molecule has 1 aliphatic carbocycles. The fourth-order valence-corrected chi connectivity index (χ4v) is 3.44. The molecule has 0 amide bonds. The predicted octanol–water partition coefficient (Wildman–Crippen LogP) is 5.75. The maximum Gasteiger partial charge on any atom is 0.127 e. The van der Waals surface area contributed by atoms with E-state index in [0.717, 1.165) is 23.2 Å². The molecule has 2 nitrogen and oxygen atoms in total. The van der Waals surface area contributed by atoms with Crippen molar-refractivity contribution in [2.45, 2.75) is 51.4 Å². The van der Waals surface area contributed by atoms with Gasteiger partial charge in [0.25, 0.3) is 0 Å². The fourth-order valence-electron chi connectivity index (χ4n) is 3.44. The van der Waals surface area contributed by atoms with Crippen LogP contribution in [0.3, 0.4) is 0 Å². The van der Waals surface area contributed by atoms with Crippen LogP contribution in [0.5, 0.6) is 5.75 Å². The number of nitrogens with zero attached hydrogens (tertiary/aromatic N) is 1. The average Bonchev–Trinajstić information content (AvgIpc) is 2.62. The van der Waals surface area contributed by atoms with E-state index in [1.165, 1.54) is 37.7 Å². The Bertz CT molecular complexity index is 670. The predicted molar refractivity (Wildman–Crippen MR) is 97.0 cm³/mol. The minimum absolute atomic E-state index is 0.381. The van der Waals surface area contributed by atoms with Crippen LogP contribution in [0.4, 0.5) is 5.69 Å². The Balaban J connectivity index is 1.93. The Labute approximate surface area is 138 Å². The molecule has 0 radical (unpaired) electrons. The number of phenols is 1. The van der Waals surface area contributed by atoms with Crippen molar-refractivity contribution in [3.63, 3.8) is 0 Å². The lowest BCUT2D eigenvalue weighted by Crippen LogP contribution is -2.06. The van der Waals surface area contributed by atoms with Crippen LogP contribution in [0.1, 0.15) is 61.6 Å². The van der Waals surface area contributed by atoms with Crippen molar-refractivity contribution < 1.29 is 5.11 Å². The quantitative estimate of drug-likeness (QED) is 0.716. The number of hydrogen-bond acceptors (Lipinski definition) is 2. The number of para-hydroxylation sites is 1. The first-order valence-electron chi connectivity index (χ1n) is 8.73. The van der Waals surface area contributed by atoms with Gasteiger partial charge in [0.1, 0.15) is 5.75 Å². The molecule has 1 N–H and O–H groups in total. The molecule has 2 heteroatoms. The molecule has 0 saturated heterocycles. The van der Waals surface area contributed by atoms with E-state index in [-0.39, 0.29) is 0 Å². The molecule has 3 rings (SSSR count). The summed E-state index contributed by atoms with van der Waals surface area (Å²) >= 11 is 0. The number of hydrogen-bond donors (Lipinski definition) is 1. The molecule has 23 heavy (non-hydrogen) atoms. The summed E-state index contributed by atoms with van der Waals surface area (Å²) in [5.74, 6) is 1.02. The molecule has 1 fully saturated rings. The second-order valence-corrected chi connectivity index (χ2v) is 6.40. The highest BCUT2D eigenvalue weighted by Crippen LogP contribution is 2.36. The summed E-state index contributed by atoms with van der Waals surface area (Å²) in [6.45, 7) is 2.10. The SMILES string of the molecule is CCc1cc(C2CCCCC2)cc(C=Nc2ccccc2)c1O. The molecule has 1 aliphatic rings. The van der Waals surface area contributed by atoms with Gasteiger partial charge < -0.3 is 5.11 Å². The van der Waals surface area contributed by atoms with Crippen molar-refractivity contribution in [2.24, 2.45) is 4.99 Å². The summed E-state index contributed by atoms with van der Waals surface area (Å²) in [5.41, 5.74) is 4.15. The van der Waals surface area contributed by atoms with Crippen LogP contribution in [0.25, 0.3) is 0 Å². The molecular weight excluding hydrogens is 282 g/mol. The molecule has 0 spiro atoms. The highest BCUT2D eigenvalue weighted by atomic mass is 16.3. The van der Waals surface area contributed by atoms with Gasteiger partial charge in [-0.1, -0.05) is 50.5 Å². The van der Waals surface area contributed by atoms with Crippen LogP contribution < -0.4 is 0 Å². The topological polar surface area (TPSA) is 32.6 Å². The van der Waals surface area contributed by atoms with Gasteiger partial charge in [-0.3, -0.25) is 4.99 Å². The van der Waals surface area contributed by atoms with E-state index in [1.807, 2.05) is 30.3 Å². The van der Waals surface area contributed by atoms with E-state index in [2.05, 4.69) is 24.0 Å². The van der Waals surface area contributed by atoms with Crippen molar-refractivity contribution in [3.05, 3.63) is 59.2 Å². The molecule has 120 valence electrons. The minimum atomic E-state index is 0.381. The monoisotopic (exact) mass is 307 g/mol. The number of benzene rings is 2. The van der Waals surface area contributed by atoms with E-state index >= 15 is 0 Å². The van der Waals surface area contributed by atoms with Crippen LogP contribution in [-0.2, 0) is 6.42 Å². The third-order valence-electron chi connectivity index (χ3n) is 4.81. The van der Waals surface area contributed by atoms with Crippen LogP contribution in [-0.4, -0.2) is 11.3 Å². The van der Waals surface area contributed by atoms with E-state index in [4.69, 9.17) is 0 Å². The van der Waals surface area contributed by atoms with Gasteiger partial charge >= 0.3 is 0 Å². The summed E-state index contributed by atoms with van der Waals surface area (Å²) in [6, 6.07) is 14.2.